The van der Waals surface area contributed by atoms with Crippen LogP contribution in [0.2, 0.25) is 0 Å². The molecule has 0 heterocycles. The minimum absolute atomic E-state index is 0.317. The zero-order chi connectivity index (χ0) is 13.1. The number of carbonyl (C=O) groups is 1. The van der Waals surface area contributed by atoms with Crippen molar-refractivity contribution in [2.45, 2.75) is 23.9 Å². The fourth-order valence-electron chi connectivity index (χ4n) is 1.11. The highest BCUT2D eigenvalue weighted by Crippen LogP contribution is 2.28. The quantitative estimate of drug-likeness (QED) is 0.653. The Morgan fingerprint density at radius 1 is 1.47 bits per heavy atom. The monoisotopic (exact) mass is 339 g/mol. The molecule has 0 spiro atoms. The summed E-state index contributed by atoms with van der Waals surface area (Å²) in [6.07, 6.45) is -0.996. The molecule has 0 fully saturated rings. The fraction of sp³-hybridized carbons (Fsp3) is 0.364. The van der Waals surface area contributed by atoms with Gasteiger partial charge in [0.2, 0.25) is 0 Å². The maximum Gasteiger partial charge on any atom is 0.253 e. The van der Waals surface area contributed by atoms with Crippen molar-refractivity contribution < 1.29 is 9.90 Å². The van der Waals surface area contributed by atoms with Crippen LogP contribution in [0.4, 0.5) is 0 Å². The molecule has 0 bridgehead atoms. The second-order valence-corrected chi connectivity index (χ2v) is 5.96. The average molecular weight is 341 g/mol. The van der Waals surface area contributed by atoms with Crippen LogP contribution in [0.5, 0.6) is 0 Å². The van der Waals surface area contributed by atoms with Crippen LogP contribution in [-0.2, 0) is 0 Å². The molecule has 1 atom stereocenters. The van der Waals surface area contributed by atoms with E-state index in [1.54, 1.807) is 31.2 Å². The smallest absolute Gasteiger partial charge is 0.253 e. The standard InChI is InChI=1S/C11H12BrCl2NO2/c1-2-11(13,14)10(17)15-9(16)7-3-5-8(12)6-4-7/h3-6,10,17H,2H2,1H3,(H,15,16). The van der Waals surface area contributed by atoms with Gasteiger partial charge in [0.05, 0.1) is 0 Å². The average Bonchev–Trinajstić information content (AvgIpc) is 2.29. The highest BCUT2D eigenvalue weighted by Gasteiger charge is 2.32. The number of alkyl halides is 2. The molecule has 0 aliphatic heterocycles. The number of rotatable bonds is 4. The van der Waals surface area contributed by atoms with Gasteiger partial charge in [-0.3, -0.25) is 4.79 Å². The molecule has 3 nitrogen and oxygen atoms in total. The lowest BCUT2D eigenvalue weighted by molar-refractivity contribution is 0.0739. The van der Waals surface area contributed by atoms with Crippen LogP contribution < -0.4 is 5.32 Å². The third-order valence-corrected chi connectivity index (χ3v) is 3.72. The Balaban J connectivity index is 2.70. The van der Waals surface area contributed by atoms with Crippen molar-refractivity contribution in [1.29, 1.82) is 0 Å². The summed E-state index contributed by atoms with van der Waals surface area (Å²) in [5.41, 5.74) is 0.424. The number of aliphatic hydroxyl groups excluding tert-OH is 1. The molecule has 1 unspecified atom stereocenters. The lowest BCUT2D eigenvalue weighted by Gasteiger charge is -2.24. The van der Waals surface area contributed by atoms with E-state index >= 15 is 0 Å². The minimum Gasteiger partial charge on any atom is -0.371 e. The largest absolute Gasteiger partial charge is 0.371 e. The molecule has 94 valence electrons. The number of hydrogen-bond acceptors (Lipinski definition) is 2. The van der Waals surface area contributed by atoms with Crippen molar-refractivity contribution in [2.75, 3.05) is 0 Å². The topological polar surface area (TPSA) is 49.3 Å². The van der Waals surface area contributed by atoms with Crippen LogP contribution >= 0.6 is 39.1 Å². The van der Waals surface area contributed by atoms with Crippen molar-refractivity contribution in [3.63, 3.8) is 0 Å². The van der Waals surface area contributed by atoms with Gasteiger partial charge in [0.1, 0.15) is 0 Å². The maximum absolute atomic E-state index is 11.7. The Bertz CT molecular complexity index is 395. The number of carbonyl (C=O) groups excluding carboxylic acids is 1. The zero-order valence-electron chi connectivity index (χ0n) is 9.08. The van der Waals surface area contributed by atoms with Crippen LogP contribution in [-0.4, -0.2) is 21.6 Å². The Labute approximate surface area is 118 Å². The predicted molar refractivity (Wildman–Crippen MR) is 72.3 cm³/mol. The molecule has 0 aliphatic carbocycles. The first-order valence-electron chi connectivity index (χ1n) is 4.99. The SMILES string of the molecule is CCC(Cl)(Cl)C(O)NC(=O)c1ccc(Br)cc1. The molecule has 0 aliphatic rings. The van der Waals surface area contributed by atoms with E-state index in [1.165, 1.54) is 0 Å². The van der Waals surface area contributed by atoms with Gasteiger partial charge in [-0.2, -0.15) is 0 Å². The van der Waals surface area contributed by atoms with E-state index in [0.717, 1.165) is 4.47 Å². The number of benzene rings is 1. The zero-order valence-corrected chi connectivity index (χ0v) is 12.2. The second kappa shape index (κ2) is 6.05. The van der Waals surface area contributed by atoms with Crippen LogP contribution in [0, 0.1) is 0 Å². The van der Waals surface area contributed by atoms with Gasteiger partial charge < -0.3 is 10.4 Å². The van der Waals surface area contributed by atoms with Crippen molar-refractivity contribution in [2.24, 2.45) is 0 Å². The third-order valence-electron chi connectivity index (χ3n) is 2.25. The van der Waals surface area contributed by atoms with Gasteiger partial charge in [0.15, 0.2) is 10.6 Å². The number of halogens is 3. The summed E-state index contributed by atoms with van der Waals surface area (Å²) in [5.74, 6) is -0.427. The summed E-state index contributed by atoms with van der Waals surface area (Å²) in [6, 6.07) is 6.72. The lowest BCUT2D eigenvalue weighted by Crippen LogP contribution is -2.46. The Kier molecular flexibility index (Phi) is 5.25. The van der Waals surface area contributed by atoms with Crippen molar-refractivity contribution in [3.05, 3.63) is 34.3 Å². The normalized spacial score (nSPS) is 13.2. The third kappa shape index (κ3) is 4.14. The van der Waals surface area contributed by atoms with Gasteiger partial charge in [0, 0.05) is 10.0 Å². The lowest BCUT2D eigenvalue weighted by atomic mass is 10.2. The van der Waals surface area contributed by atoms with Gasteiger partial charge in [-0.1, -0.05) is 46.1 Å². The maximum atomic E-state index is 11.7. The van der Waals surface area contributed by atoms with E-state index < -0.39 is 16.5 Å². The van der Waals surface area contributed by atoms with E-state index in [4.69, 9.17) is 23.2 Å². The molecule has 1 aromatic carbocycles. The summed E-state index contributed by atoms with van der Waals surface area (Å²) in [5, 5.41) is 12.0. The molecule has 6 heteroatoms. The van der Waals surface area contributed by atoms with Crippen molar-refractivity contribution >= 4 is 45.0 Å². The van der Waals surface area contributed by atoms with Gasteiger partial charge in [0.25, 0.3) is 5.91 Å². The molecule has 1 aromatic rings. The molecule has 2 N–H and O–H groups in total. The second-order valence-electron chi connectivity index (χ2n) is 3.50. The van der Waals surface area contributed by atoms with Crippen LogP contribution in [0.25, 0.3) is 0 Å². The van der Waals surface area contributed by atoms with Crippen molar-refractivity contribution in [3.8, 4) is 0 Å². The predicted octanol–water partition coefficient (Wildman–Crippen LogP) is 3.08. The molecule has 0 radical (unpaired) electrons. The molecular formula is C11H12BrCl2NO2. The molecule has 17 heavy (non-hydrogen) atoms. The van der Waals surface area contributed by atoms with Gasteiger partial charge in [-0.15, -0.1) is 0 Å². The summed E-state index contributed by atoms with van der Waals surface area (Å²) >= 11 is 14.9. The van der Waals surface area contributed by atoms with E-state index in [-0.39, 0.29) is 0 Å². The summed E-state index contributed by atoms with van der Waals surface area (Å²) in [6.45, 7) is 1.72. The number of hydrogen-bond donors (Lipinski definition) is 2. The number of amides is 1. The molecule has 1 rings (SSSR count). The van der Waals surface area contributed by atoms with Gasteiger partial charge in [-0.05, 0) is 30.7 Å². The number of aliphatic hydroxyl groups is 1. The van der Waals surface area contributed by atoms with Gasteiger partial charge >= 0.3 is 0 Å². The molecular weight excluding hydrogens is 329 g/mol. The Morgan fingerprint density at radius 2 is 2.00 bits per heavy atom. The highest BCUT2D eigenvalue weighted by molar-refractivity contribution is 9.10. The Hall–Kier alpha value is -0.290. The first kappa shape index (κ1) is 14.8. The summed E-state index contributed by atoms with van der Waals surface area (Å²) in [4.78, 5) is 11.7. The van der Waals surface area contributed by atoms with Crippen molar-refractivity contribution in [1.82, 2.24) is 5.32 Å². The number of nitrogens with one attached hydrogen (secondary N) is 1. The summed E-state index contributed by atoms with van der Waals surface area (Å²) in [7, 11) is 0. The van der Waals surface area contributed by atoms with Crippen LogP contribution in [0.15, 0.2) is 28.7 Å². The van der Waals surface area contributed by atoms with Crippen LogP contribution in [0.1, 0.15) is 23.7 Å². The highest BCUT2D eigenvalue weighted by atomic mass is 79.9. The first-order chi connectivity index (χ1) is 7.86. The first-order valence-corrected chi connectivity index (χ1v) is 6.54. The van der Waals surface area contributed by atoms with E-state index in [9.17, 15) is 9.90 Å². The molecule has 0 saturated heterocycles. The van der Waals surface area contributed by atoms with E-state index in [2.05, 4.69) is 21.2 Å². The minimum atomic E-state index is -1.38. The summed E-state index contributed by atoms with van der Waals surface area (Å²) < 4.78 is -0.516. The van der Waals surface area contributed by atoms with E-state index in [0.29, 0.717) is 12.0 Å². The molecule has 1 amide bonds. The Morgan fingerprint density at radius 3 is 2.47 bits per heavy atom. The molecule has 0 aromatic heterocycles. The van der Waals surface area contributed by atoms with Crippen LogP contribution in [0.3, 0.4) is 0 Å². The molecule has 0 saturated carbocycles. The van der Waals surface area contributed by atoms with E-state index in [1.807, 2.05) is 0 Å². The fourth-order valence-corrected chi connectivity index (χ4v) is 1.48. The van der Waals surface area contributed by atoms with Gasteiger partial charge in [-0.25, -0.2) is 0 Å².